The van der Waals surface area contributed by atoms with Crippen LogP contribution in [0.4, 0.5) is 10.1 Å². The van der Waals surface area contributed by atoms with E-state index in [0.29, 0.717) is 53.1 Å². The molecule has 0 aliphatic carbocycles. The van der Waals surface area contributed by atoms with Gasteiger partial charge in [-0.1, -0.05) is 64.8 Å². The Hall–Kier alpha value is -1.81. The molecule has 0 unspecified atom stereocenters. The first kappa shape index (κ1) is 27.2. The number of thioether (sulfide) groups is 1. The van der Waals surface area contributed by atoms with Crippen LogP contribution in [-0.2, 0) is 11.4 Å². The molecule has 1 saturated heterocycles. The SMILES string of the molecule is CCOc1cc(/C=C2/SC(=S)N(c3ccc(F)c(Cl)c3)C2=O)cc(Br)c1OCc1ccc(Cl)c(Cl)c1. The molecule has 1 aliphatic heterocycles. The van der Waals surface area contributed by atoms with E-state index >= 15 is 0 Å². The monoisotopic (exact) mass is 645 g/mol. The second-order valence-electron chi connectivity index (χ2n) is 7.42. The molecule has 186 valence electrons. The Morgan fingerprint density at radius 1 is 1.06 bits per heavy atom. The van der Waals surface area contributed by atoms with Crippen LogP contribution in [0.3, 0.4) is 0 Å². The van der Waals surface area contributed by atoms with E-state index in [0.717, 1.165) is 17.3 Å². The van der Waals surface area contributed by atoms with E-state index in [-0.39, 0.29) is 17.5 Å². The van der Waals surface area contributed by atoms with E-state index in [1.165, 1.54) is 23.1 Å². The summed E-state index contributed by atoms with van der Waals surface area (Å²) in [4.78, 5) is 14.8. The molecule has 0 N–H and O–H groups in total. The lowest BCUT2D eigenvalue weighted by molar-refractivity contribution is -0.113. The Bertz CT molecular complexity index is 1400. The number of amides is 1. The molecular weight excluding hydrogens is 632 g/mol. The molecule has 0 spiro atoms. The molecule has 11 heteroatoms. The smallest absolute Gasteiger partial charge is 0.270 e. The number of anilines is 1. The summed E-state index contributed by atoms with van der Waals surface area (Å²) < 4.78 is 26.4. The number of ether oxygens (including phenoxy) is 2. The molecule has 1 amide bonds. The van der Waals surface area contributed by atoms with Crippen molar-refractivity contribution in [3.8, 4) is 11.5 Å². The number of thiocarbonyl (C=S) groups is 1. The third-order valence-corrected chi connectivity index (χ3v) is 7.87. The predicted molar refractivity (Wildman–Crippen MR) is 153 cm³/mol. The second-order valence-corrected chi connectivity index (χ2v) is 11.2. The lowest BCUT2D eigenvalue weighted by atomic mass is 10.1. The van der Waals surface area contributed by atoms with Gasteiger partial charge in [0.05, 0.1) is 36.7 Å². The zero-order valence-electron chi connectivity index (χ0n) is 18.5. The number of nitrogens with zero attached hydrogens (tertiary/aromatic N) is 1. The normalized spacial score (nSPS) is 14.6. The summed E-state index contributed by atoms with van der Waals surface area (Å²) in [5.41, 5.74) is 1.94. The van der Waals surface area contributed by atoms with Gasteiger partial charge in [0.15, 0.2) is 15.8 Å². The summed E-state index contributed by atoms with van der Waals surface area (Å²) >= 11 is 28.1. The molecule has 36 heavy (non-hydrogen) atoms. The summed E-state index contributed by atoms with van der Waals surface area (Å²) in [6.45, 7) is 2.52. The van der Waals surface area contributed by atoms with Crippen LogP contribution in [0.1, 0.15) is 18.1 Å². The average Bonchev–Trinajstić information content (AvgIpc) is 3.10. The van der Waals surface area contributed by atoms with Gasteiger partial charge >= 0.3 is 0 Å². The molecule has 3 aromatic carbocycles. The van der Waals surface area contributed by atoms with Crippen LogP contribution < -0.4 is 14.4 Å². The van der Waals surface area contributed by atoms with E-state index in [9.17, 15) is 9.18 Å². The molecular formula is C25H16BrCl3FNO3S2. The second kappa shape index (κ2) is 11.7. The first-order valence-corrected chi connectivity index (χ1v) is 13.6. The van der Waals surface area contributed by atoms with Crippen molar-refractivity contribution >= 4 is 96.7 Å². The molecule has 4 rings (SSSR count). The fourth-order valence-corrected chi connectivity index (χ4v) is 5.69. The minimum Gasteiger partial charge on any atom is -0.490 e. The minimum atomic E-state index is -0.573. The van der Waals surface area contributed by atoms with Gasteiger partial charge in [-0.25, -0.2) is 4.39 Å². The molecule has 4 nitrogen and oxygen atoms in total. The first-order chi connectivity index (χ1) is 17.2. The van der Waals surface area contributed by atoms with E-state index < -0.39 is 5.82 Å². The number of carbonyl (C=O) groups excluding carboxylic acids is 1. The number of hydrogen-bond donors (Lipinski definition) is 0. The molecule has 0 atom stereocenters. The number of carbonyl (C=O) groups is 1. The van der Waals surface area contributed by atoms with Gasteiger partial charge in [0.25, 0.3) is 5.91 Å². The highest BCUT2D eigenvalue weighted by molar-refractivity contribution is 9.10. The molecule has 1 fully saturated rings. The summed E-state index contributed by atoms with van der Waals surface area (Å²) in [6, 6.07) is 12.9. The Morgan fingerprint density at radius 3 is 2.53 bits per heavy atom. The lowest BCUT2D eigenvalue weighted by Crippen LogP contribution is -2.27. The Balaban J connectivity index is 1.60. The van der Waals surface area contributed by atoms with Gasteiger partial charge in [0, 0.05) is 0 Å². The number of halogens is 5. The highest BCUT2D eigenvalue weighted by atomic mass is 79.9. The van der Waals surface area contributed by atoms with Crippen molar-refractivity contribution in [1.82, 2.24) is 0 Å². The van der Waals surface area contributed by atoms with Crippen LogP contribution in [0.25, 0.3) is 6.08 Å². The maximum Gasteiger partial charge on any atom is 0.270 e. The van der Waals surface area contributed by atoms with Crippen molar-refractivity contribution in [1.29, 1.82) is 0 Å². The van der Waals surface area contributed by atoms with Crippen molar-refractivity contribution in [2.75, 3.05) is 11.5 Å². The predicted octanol–water partition coefficient (Wildman–Crippen LogP) is 8.93. The molecule has 0 aromatic heterocycles. The van der Waals surface area contributed by atoms with E-state index in [1.807, 2.05) is 19.1 Å². The van der Waals surface area contributed by atoms with Gasteiger partial charge in [-0.3, -0.25) is 9.69 Å². The average molecular weight is 648 g/mol. The number of hydrogen-bond acceptors (Lipinski definition) is 5. The van der Waals surface area contributed by atoms with E-state index in [1.54, 1.807) is 24.3 Å². The first-order valence-electron chi connectivity index (χ1n) is 10.4. The van der Waals surface area contributed by atoms with Crippen molar-refractivity contribution in [3.63, 3.8) is 0 Å². The summed E-state index contributed by atoms with van der Waals surface area (Å²) in [5.74, 6) is 0.102. The topological polar surface area (TPSA) is 38.8 Å². The van der Waals surface area contributed by atoms with Crippen molar-refractivity contribution in [2.24, 2.45) is 0 Å². The van der Waals surface area contributed by atoms with Gasteiger partial charge in [-0.2, -0.15) is 0 Å². The van der Waals surface area contributed by atoms with Gasteiger partial charge < -0.3 is 9.47 Å². The van der Waals surface area contributed by atoms with Crippen LogP contribution in [0.2, 0.25) is 15.1 Å². The van der Waals surface area contributed by atoms with E-state index in [2.05, 4.69) is 15.9 Å². The van der Waals surface area contributed by atoms with Gasteiger partial charge in [0.2, 0.25) is 0 Å². The van der Waals surface area contributed by atoms with Crippen LogP contribution >= 0.6 is 74.7 Å². The lowest BCUT2D eigenvalue weighted by Gasteiger charge is -2.15. The number of benzene rings is 3. The summed E-state index contributed by atoms with van der Waals surface area (Å²) in [6.07, 6.45) is 1.71. The van der Waals surface area contributed by atoms with Crippen LogP contribution in [0, 0.1) is 5.82 Å². The van der Waals surface area contributed by atoms with Crippen molar-refractivity contribution < 1.29 is 18.7 Å². The summed E-state index contributed by atoms with van der Waals surface area (Å²) in [7, 11) is 0. The minimum absolute atomic E-state index is 0.0905. The number of rotatable bonds is 7. The quantitative estimate of drug-likeness (QED) is 0.189. The van der Waals surface area contributed by atoms with Gasteiger partial charge in [0.1, 0.15) is 12.4 Å². The highest BCUT2D eigenvalue weighted by Gasteiger charge is 2.33. The van der Waals surface area contributed by atoms with Crippen LogP contribution in [0.5, 0.6) is 11.5 Å². The highest BCUT2D eigenvalue weighted by Crippen LogP contribution is 2.41. The van der Waals surface area contributed by atoms with Crippen molar-refractivity contribution in [3.05, 3.63) is 89.9 Å². The Labute approximate surface area is 240 Å². The standard InChI is InChI=1S/C25H16BrCl3FNO3S2/c1-2-33-21-9-14(7-16(26)23(21)34-12-13-3-5-17(27)18(28)8-13)10-22-24(32)31(25(35)36-22)15-4-6-20(30)19(29)11-15/h3-11H,2,12H2,1H3/b22-10+. The fraction of sp³-hybridized carbons (Fsp3) is 0.120. The molecule has 0 saturated carbocycles. The van der Waals surface area contributed by atoms with Gasteiger partial charge in [-0.15, -0.1) is 0 Å². The third-order valence-electron chi connectivity index (χ3n) is 4.95. The third kappa shape index (κ3) is 6.01. The Kier molecular flexibility index (Phi) is 8.86. The van der Waals surface area contributed by atoms with E-state index in [4.69, 9.17) is 56.5 Å². The maximum atomic E-state index is 13.6. The van der Waals surface area contributed by atoms with Crippen LogP contribution in [0.15, 0.2) is 57.9 Å². The molecule has 0 bridgehead atoms. The summed E-state index contributed by atoms with van der Waals surface area (Å²) in [5, 5.41) is 0.818. The molecule has 1 heterocycles. The van der Waals surface area contributed by atoms with Gasteiger partial charge in [-0.05, 0) is 82.5 Å². The Morgan fingerprint density at radius 2 is 1.83 bits per heavy atom. The zero-order chi connectivity index (χ0) is 26.0. The maximum absolute atomic E-state index is 13.6. The van der Waals surface area contributed by atoms with Crippen LogP contribution in [-0.4, -0.2) is 16.8 Å². The zero-order valence-corrected chi connectivity index (χ0v) is 24.0. The largest absolute Gasteiger partial charge is 0.490 e. The van der Waals surface area contributed by atoms with Crippen molar-refractivity contribution in [2.45, 2.75) is 13.5 Å². The molecule has 1 aliphatic rings. The molecule has 0 radical (unpaired) electrons. The fourth-order valence-electron chi connectivity index (χ4n) is 3.33. The molecule has 3 aromatic rings.